The minimum Gasteiger partial charge on any atom is -0.466 e. The van der Waals surface area contributed by atoms with Crippen LogP contribution in [0, 0.1) is 0 Å². The molecule has 0 saturated heterocycles. The maximum atomic E-state index is 12.4. The van der Waals surface area contributed by atoms with Crippen LogP contribution in [-0.4, -0.2) is 47.4 Å². The molecule has 6 heteroatoms. The zero-order chi connectivity index (χ0) is 45.1. The van der Waals surface area contributed by atoms with Gasteiger partial charge in [0.2, 0.25) is 5.91 Å². The van der Waals surface area contributed by atoms with Crippen LogP contribution in [0.4, 0.5) is 0 Å². The predicted octanol–water partition coefficient (Wildman–Crippen LogP) is 16.7. The second-order valence-corrected chi connectivity index (χ2v) is 18.9. The number of esters is 1. The molecule has 3 N–H and O–H groups in total. The molecule has 0 spiro atoms. The van der Waals surface area contributed by atoms with E-state index in [1.165, 1.54) is 205 Å². The van der Waals surface area contributed by atoms with Crippen molar-refractivity contribution in [1.29, 1.82) is 0 Å². The van der Waals surface area contributed by atoms with Gasteiger partial charge in [0.25, 0.3) is 0 Å². The van der Waals surface area contributed by atoms with E-state index in [1.54, 1.807) is 6.08 Å². The highest BCUT2D eigenvalue weighted by molar-refractivity contribution is 5.76. The van der Waals surface area contributed by atoms with Crippen molar-refractivity contribution in [3.63, 3.8) is 0 Å². The number of aliphatic hydroxyl groups is 2. The monoisotopic (exact) mass is 874 g/mol. The predicted molar refractivity (Wildman–Crippen MR) is 269 cm³/mol. The molecule has 6 nitrogen and oxygen atoms in total. The Balaban J connectivity index is 3.49. The first-order chi connectivity index (χ1) is 30.5. The average Bonchev–Trinajstić information content (AvgIpc) is 3.27. The SMILES string of the molecule is CCCCCCCCCCCCCCC/C=C/C(O)C(CO)NC(=O)CCCCCCC/C=C\CCCCCCCCCOC(=O)CCCCCCCCCCCCCCCC. The van der Waals surface area contributed by atoms with Gasteiger partial charge in [0.15, 0.2) is 0 Å². The Hall–Kier alpha value is -1.66. The highest BCUT2D eigenvalue weighted by atomic mass is 16.5. The topological polar surface area (TPSA) is 95.9 Å². The van der Waals surface area contributed by atoms with E-state index < -0.39 is 12.1 Å². The van der Waals surface area contributed by atoms with Crippen LogP contribution < -0.4 is 5.32 Å². The highest BCUT2D eigenvalue weighted by Gasteiger charge is 2.18. The smallest absolute Gasteiger partial charge is 0.305 e. The van der Waals surface area contributed by atoms with Crippen LogP contribution in [-0.2, 0) is 14.3 Å². The summed E-state index contributed by atoms with van der Waals surface area (Å²) in [6.45, 7) is 4.89. The lowest BCUT2D eigenvalue weighted by Crippen LogP contribution is -2.45. The van der Waals surface area contributed by atoms with Crippen LogP contribution in [0.2, 0.25) is 0 Å². The van der Waals surface area contributed by atoms with Crippen molar-refractivity contribution in [2.24, 2.45) is 0 Å². The number of aliphatic hydroxyl groups excluding tert-OH is 2. The van der Waals surface area contributed by atoms with Gasteiger partial charge in [0.1, 0.15) is 0 Å². The molecular formula is C56H107NO5. The summed E-state index contributed by atoms with van der Waals surface area (Å²) in [5, 5.41) is 23.1. The zero-order valence-corrected chi connectivity index (χ0v) is 41.6. The first kappa shape index (κ1) is 60.3. The summed E-state index contributed by atoms with van der Waals surface area (Å²) in [4.78, 5) is 24.5. The summed E-state index contributed by atoms with van der Waals surface area (Å²) in [7, 11) is 0. The molecule has 0 aliphatic heterocycles. The van der Waals surface area contributed by atoms with E-state index in [0.717, 1.165) is 64.2 Å². The molecular weight excluding hydrogens is 767 g/mol. The normalized spacial score (nSPS) is 12.8. The number of ether oxygens (including phenoxy) is 1. The van der Waals surface area contributed by atoms with E-state index in [2.05, 4.69) is 31.3 Å². The van der Waals surface area contributed by atoms with Gasteiger partial charge in [-0.15, -0.1) is 0 Å². The number of nitrogens with one attached hydrogen (secondary N) is 1. The van der Waals surface area contributed by atoms with Gasteiger partial charge in [0, 0.05) is 12.8 Å². The molecule has 0 bridgehead atoms. The van der Waals surface area contributed by atoms with Crippen molar-refractivity contribution < 1.29 is 24.5 Å². The number of carbonyl (C=O) groups excluding carboxylic acids is 2. The first-order valence-corrected chi connectivity index (χ1v) is 27.6. The maximum absolute atomic E-state index is 12.4. The van der Waals surface area contributed by atoms with Gasteiger partial charge >= 0.3 is 5.97 Å². The summed E-state index contributed by atoms with van der Waals surface area (Å²) >= 11 is 0. The highest BCUT2D eigenvalue weighted by Crippen LogP contribution is 2.16. The molecule has 0 fully saturated rings. The fourth-order valence-corrected chi connectivity index (χ4v) is 8.45. The third-order valence-electron chi connectivity index (χ3n) is 12.7. The Labute approximate surface area is 386 Å². The van der Waals surface area contributed by atoms with Crippen molar-refractivity contribution >= 4 is 11.9 Å². The fourth-order valence-electron chi connectivity index (χ4n) is 8.45. The standard InChI is InChI=1S/C56H107NO5/c1-3-5-7-9-11-13-15-17-21-24-28-32-36-40-44-48-54(59)53(52-58)57-55(60)49-45-41-37-33-29-25-22-19-20-23-27-31-35-39-43-47-51-62-56(61)50-46-42-38-34-30-26-18-16-14-12-10-8-6-4-2/h19,22,44,48,53-54,58-59H,3-18,20-21,23-43,45-47,49-52H2,1-2H3,(H,57,60)/b22-19-,48-44+. The lowest BCUT2D eigenvalue weighted by atomic mass is 10.0. The van der Waals surface area contributed by atoms with Gasteiger partial charge in [-0.05, 0) is 57.8 Å². The van der Waals surface area contributed by atoms with E-state index in [0.29, 0.717) is 19.4 Å². The third kappa shape index (κ3) is 47.8. The molecule has 2 atom stereocenters. The molecule has 0 rings (SSSR count). The summed E-state index contributed by atoms with van der Waals surface area (Å²) in [5.74, 6) is -0.0858. The number of carbonyl (C=O) groups is 2. The second-order valence-electron chi connectivity index (χ2n) is 18.9. The second kappa shape index (κ2) is 52.0. The molecule has 0 aromatic heterocycles. The summed E-state index contributed by atoms with van der Waals surface area (Å²) < 4.78 is 5.47. The molecule has 0 saturated carbocycles. The van der Waals surface area contributed by atoms with E-state index in [4.69, 9.17) is 4.74 Å². The zero-order valence-electron chi connectivity index (χ0n) is 41.6. The minimum absolute atomic E-state index is 0.00166. The fraction of sp³-hybridized carbons (Fsp3) is 0.893. The van der Waals surface area contributed by atoms with Gasteiger partial charge < -0.3 is 20.3 Å². The van der Waals surface area contributed by atoms with E-state index in [9.17, 15) is 19.8 Å². The number of hydrogen-bond acceptors (Lipinski definition) is 5. The Morgan fingerprint density at radius 2 is 0.758 bits per heavy atom. The van der Waals surface area contributed by atoms with Crippen LogP contribution in [0.15, 0.2) is 24.3 Å². The number of amides is 1. The van der Waals surface area contributed by atoms with Gasteiger partial charge in [-0.1, -0.05) is 250 Å². The van der Waals surface area contributed by atoms with Crippen molar-refractivity contribution in [2.75, 3.05) is 13.2 Å². The number of rotatable bonds is 51. The molecule has 0 aliphatic rings. The van der Waals surface area contributed by atoms with Crippen LogP contribution >= 0.6 is 0 Å². The molecule has 2 unspecified atom stereocenters. The van der Waals surface area contributed by atoms with Gasteiger partial charge in [-0.25, -0.2) is 0 Å². The van der Waals surface area contributed by atoms with Gasteiger partial charge in [0.05, 0.1) is 25.4 Å². The average molecular weight is 874 g/mol. The number of hydrogen-bond donors (Lipinski definition) is 3. The summed E-state index contributed by atoms with van der Waals surface area (Å²) in [6.07, 6.45) is 61.8. The Kier molecular flexibility index (Phi) is 50.6. The van der Waals surface area contributed by atoms with E-state index in [1.807, 2.05) is 6.08 Å². The molecule has 0 aromatic carbocycles. The number of unbranched alkanes of at least 4 members (excludes halogenated alkanes) is 38. The molecule has 62 heavy (non-hydrogen) atoms. The van der Waals surface area contributed by atoms with E-state index in [-0.39, 0.29) is 18.5 Å². The third-order valence-corrected chi connectivity index (χ3v) is 12.7. The Morgan fingerprint density at radius 1 is 0.435 bits per heavy atom. The molecule has 0 aliphatic carbocycles. The van der Waals surface area contributed by atoms with Crippen LogP contribution in [0.1, 0.15) is 296 Å². The minimum atomic E-state index is -0.854. The van der Waals surface area contributed by atoms with Crippen LogP contribution in [0.5, 0.6) is 0 Å². The first-order valence-electron chi connectivity index (χ1n) is 27.6. The molecule has 0 heterocycles. The van der Waals surface area contributed by atoms with Crippen LogP contribution in [0.25, 0.3) is 0 Å². The van der Waals surface area contributed by atoms with Gasteiger partial charge in [-0.2, -0.15) is 0 Å². The molecule has 0 radical (unpaired) electrons. The molecule has 366 valence electrons. The number of allylic oxidation sites excluding steroid dienone is 3. The van der Waals surface area contributed by atoms with Crippen molar-refractivity contribution in [2.45, 2.75) is 309 Å². The summed E-state index contributed by atoms with van der Waals surface area (Å²) in [5.41, 5.74) is 0. The van der Waals surface area contributed by atoms with Crippen molar-refractivity contribution in [3.05, 3.63) is 24.3 Å². The maximum Gasteiger partial charge on any atom is 0.305 e. The van der Waals surface area contributed by atoms with E-state index >= 15 is 0 Å². The van der Waals surface area contributed by atoms with Crippen molar-refractivity contribution in [3.8, 4) is 0 Å². The Bertz CT molecular complexity index is 966. The lowest BCUT2D eigenvalue weighted by molar-refractivity contribution is -0.143. The summed E-state index contributed by atoms with van der Waals surface area (Å²) in [6, 6.07) is -0.639. The van der Waals surface area contributed by atoms with Crippen LogP contribution in [0.3, 0.4) is 0 Å². The largest absolute Gasteiger partial charge is 0.466 e. The quantitative estimate of drug-likeness (QED) is 0.0321. The molecule has 0 aromatic rings. The van der Waals surface area contributed by atoms with Gasteiger partial charge in [-0.3, -0.25) is 9.59 Å². The Morgan fingerprint density at radius 3 is 1.15 bits per heavy atom. The lowest BCUT2D eigenvalue weighted by Gasteiger charge is -2.20. The molecule has 1 amide bonds. The van der Waals surface area contributed by atoms with Crippen molar-refractivity contribution in [1.82, 2.24) is 5.32 Å².